The molecule has 0 heterocycles. The Morgan fingerprint density at radius 3 is 2.25 bits per heavy atom. The molecule has 1 N–H and O–H groups in total. The van der Waals surface area contributed by atoms with E-state index in [0.29, 0.717) is 19.0 Å². The molecule has 0 saturated carbocycles. The summed E-state index contributed by atoms with van der Waals surface area (Å²) in [4.78, 5) is 0. The highest BCUT2D eigenvalue weighted by Gasteiger charge is 2.31. The lowest BCUT2D eigenvalue weighted by atomic mass is 9.90. The van der Waals surface area contributed by atoms with Gasteiger partial charge in [0.15, 0.2) is 0 Å². The molecule has 0 bridgehead atoms. The number of halogens is 5. The SMILES string of the molecule is CC(C)(C)CC(Cl)CNc1ccc(C(F)(F)F)cc1F. The summed E-state index contributed by atoms with van der Waals surface area (Å²) in [5.74, 6) is -0.931. The second kappa shape index (κ2) is 6.20. The van der Waals surface area contributed by atoms with Crippen molar-refractivity contribution in [3.63, 3.8) is 0 Å². The van der Waals surface area contributed by atoms with Crippen molar-refractivity contribution in [2.45, 2.75) is 38.7 Å². The van der Waals surface area contributed by atoms with E-state index >= 15 is 0 Å². The molecule has 0 radical (unpaired) electrons. The Balaban J connectivity index is 2.66. The minimum Gasteiger partial charge on any atom is -0.381 e. The van der Waals surface area contributed by atoms with E-state index in [1.54, 1.807) is 0 Å². The van der Waals surface area contributed by atoms with Crippen molar-refractivity contribution in [1.82, 2.24) is 0 Å². The number of nitrogens with one attached hydrogen (secondary N) is 1. The Hall–Kier alpha value is -0.970. The zero-order valence-electron chi connectivity index (χ0n) is 11.6. The quantitative estimate of drug-likeness (QED) is 0.587. The second-order valence-corrected chi connectivity index (χ2v) is 6.55. The molecule has 1 aromatic rings. The van der Waals surface area contributed by atoms with Crippen LogP contribution in [0.3, 0.4) is 0 Å². The summed E-state index contributed by atoms with van der Waals surface area (Å²) in [7, 11) is 0. The number of benzene rings is 1. The molecule has 0 spiro atoms. The molecule has 0 fully saturated rings. The lowest BCUT2D eigenvalue weighted by molar-refractivity contribution is -0.137. The van der Waals surface area contributed by atoms with Crippen LogP contribution in [0.2, 0.25) is 0 Å². The van der Waals surface area contributed by atoms with E-state index in [1.807, 2.05) is 20.8 Å². The molecule has 0 saturated heterocycles. The predicted molar refractivity (Wildman–Crippen MR) is 73.6 cm³/mol. The van der Waals surface area contributed by atoms with Crippen LogP contribution in [0.15, 0.2) is 18.2 Å². The van der Waals surface area contributed by atoms with E-state index in [4.69, 9.17) is 11.6 Å². The summed E-state index contributed by atoms with van der Waals surface area (Å²) in [5, 5.41) is 2.51. The monoisotopic (exact) mass is 311 g/mol. The average molecular weight is 312 g/mol. The molecule has 0 aliphatic rings. The van der Waals surface area contributed by atoms with Gasteiger partial charge in [-0.05, 0) is 30.0 Å². The first-order chi connectivity index (χ1) is 8.99. The second-order valence-electron chi connectivity index (χ2n) is 5.94. The van der Waals surface area contributed by atoms with Crippen LogP contribution < -0.4 is 5.32 Å². The molecular weight excluding hydrogens is 294 g/mol. The zero-order chi connectivity index (χ0) is 15.6. The van der Waals surface area contributed by atoms with E-state index in [1.165, 1.54) is 0 Å². The van der Waals surface area contributed by atoms with Gasteiger partial charge in [-0.25, -0.2) is 4.39 Å². The number of anilines is 1. The number of rotatable bonds is 4. The molecule has 20 heavy (non-hydrogen) atoms. The van der Waals surface area contributed by atoms with E-state index in [0.717, 1.165) is 12.1 Å². The Morgan fingerprint density at radius 2 is 1.80 bits per heavy atom. The highest BCUT2D eigenvalue weighted by Crippen LogP contribution is 2.31. The minimum absolute atomic E-state index is 0.0255. The molecule has 0 aliphatic heterocycles. The third kappa shape index (κ3) is 5.57. The van der Waals surface area contributed by atoms with Gasteiger partial charge in [0.05, 0.1) is 16.6 Å². The maximum atomic E-state index is 13.6. The first kappa shape index (κ1) is 17.1. The molecule has 6 heteroatoms. The normalized spacial score (nSPS) is 14.2. The van der Waals surface area contributed by atoms with Gasteiger partial charge in [-0.1, -0.05) is 20.8 Å². The van der Waals surface area contributed by atoms with Gasteiger partial charge in [0.1, 0.15) is 5.82 Å². The Kier molecular flexibility index (Phi) is 5.30. The van der Waals surface area contributed by atoms with Crippen LogP contribution in [0.1, 0.15) is 32.8 Å². The van der Waals surface area contributed by atoms with Gasteiger partial charge in [-0.2, -0.15) is 13.2 Å². The fraction of sp³-hybridized carbons (Fsp3) is 0.571. The molecule has 114 valence electrons. The summed E-state index contributed by atoms with van der Waals surface area (Å²) in [6, 6.07) is 2.41. The van der Waals surface area contributed by atoms with Gasteiger partial charge in [0.2, 0.25) is 0 Å². The van der Waals surface area contributed by atoms with E-state index < -0.39 is 17.6 Å². The van der Waals surface area contributed by atoms with Gasteiger partial charge in [-0.15, -0.1) is 11.6 Å². The van der Waals surface area contributed by atoms with E-state index in [2.05, 4.69) is 5.32 Å². The molecule has 1 nitrogen and oxygen atoms in total. The fourth-order valence-electron chi connectivity index (χ4n) is 1.79. The van der Waals surface area contributed by atoms with Crippen LogP contribution in [0.5, 0.6) is 0 Å². The van der Waals surface area contributed by atoms with Crippen molar-refractivity contribution in [2.75, 3.05) is 11.9 Å². The van der Waals surface area contributed by atoms with Gasteiger partial charge in [0, 0.05) is 6.54 Å². The van der Waals surface area contributed by atoms with E-state index in [-0.39, 0.29) is 16.5 Å². The highest BCUT2D eigenvalue weighted by atomic mass is 35.5. The van der Waals surface area contributed by atoms with Crippen molar-refractivity contribution in [1.29, 1.82) is 0 Å². The topological polar surface area (TPSA) is 12.0 Å². The van der Waals surface area contributed by atoms with E-state index in [9.17, 15) is 17.6 Å². The summed E-state index contributed by atoms with van der Waals surface area (Å²) in [6.07, 6.45) is -3.83. The molecule has 0 amide bonds. The van der Waals surface area contributed by atoms with Crippen molar-refractivity contribution in [3.8, 4) is 0 Å². The minimum atomic E-state index is -4.54. The van der Waals surface area contributed by atoms with Crippen molar-refractivity contribution in [3.05, 3.63) is 29.6 Å². The molecule has 1 rings (SSSR count). The molecular formula is C14H18ClF4N. The maximum Gasteiger partial charge on any atom is 0.416 e. The summed E-state index contributed by atoms with van der Waals surface area (Å²) >= 11 is 6.11. The van der Waals surface area contributed by atoms with Gasteiger partial charge in [-0.3, -0.25) is 0 Å². The van der Waals surface area contributed by atoms with Crippen LogP contribution in [0, 0.1) is 11.2 Å². The number of hydrogen-bond acceptors (Lipinski definition) is 1. The molecule has 1 atom stereocenters. The first-order valence-corrected chi connectivity index (χ1v) is 6.67. The largest absolute Gasteiger partial charge is 0.416 e. The Labute approximate surface area is 121 Å². The summed E-state index contributed by atoms with van der Waals surface area (Å²) in [5.41, 5.74) is -0.942. The van der Waals surface area contributed by atoms with Gasteiger partial charge in [0.25, 0.3) is 0 Å². The van der Waals surface area contributed by atoms with Crippen molar-refractivity contribution in [2.24, 2.45) is 5.41 Å². The lowest BCUT2D eigenvalue weighted by Crippen LogP contribution is -2.21. The molecule has 0 aromatic heterocycles. The van der Waals surface area contributed by atoms with Gasteiger partial charge < -0.3 is 5.32 Å². The number of alkyl halides is 4. The zero-order valence-corrected chi connectivity index (χ0v) is 12.4. The van der Waals surface area contributed by atoms with Crippen LogP contribution in [-0.4, -0.2) is 11.9 Å². The van der Waals surface area contributed by atoms with Crippen LogP contribution >= 0.6 is 11.6 Å². The predicted octanol–water partition coefficient (Wildman–Crippen LogP) is 5.30. The standard InChI is InChI=1S/C14H18ClF4N/c1-13(2,3)7-10(15)8-20-12-5-4-9(6-11(12)16)14(17,18)19/h4-6,10,20H,7-8H2,1-3H3. The van der Waals surface area contributed by atoms with Crippen LogP contribution in [0.4, 0.5) is 23.2 Å². The van der Waals surface area contributed by atoms with Crippen LogP contribution in [0.25, 0.3) is 0 Å². The van der Waals surface area contributed by atoms with Crippen molar-refractivity contribution >= 4 is 17.3 Å². The molecule has 1 aromatic carbocycles. The highest BCUT2D eigenvalue weighted by molar-refractivity contribution is 6.20. The third-order valence-corrected chi connectivity index (χ3v) is 2.95. The molecule has 1 unspecified atom stereocenters. The van der Waals surface area contributed by atoms with Gasteiger partial charge >= 0.3 is 6.18 Å². The maximum absolute atomic E-state index is 13.6. The summed E-state index contributed by atoms with van der Waals surface area (Å²) < 4.78 is 50.7. The smallest absolute Gasteiger partial charge is 0.381 e. The Bertz CT molecular complexity index is 451. The average Bonchev–Trinajstić information content (AvgIpc) is 2.23. The van der Waals surface area contributed by atoms with Crippen LogP contribution in [-0.2, 0) is 6.18 Å². The third-order valence-electron chi connectivity index (χ3n) is 2.64. The van der Waals surface area contributed by atoms with Crippen molar-refractivity contribution < 1.29 is 17.6 Å². The fourth-order valence-corrected chi connectivity index (χ4v) is 2.33. The summed E-state index contributed by atoms with van der Waals surface area (Å²) in [6.45, 7) is 6.38. The number of hydrogen-bond donors (Lipinski definition) is 1. The lowest BCUT2D eigenvalue weighted by Gasteiger charge is -2.22. The first-order valence-electron chi connectivity index (χ1n) is 6.24. The Morgan fingerprint density at radius 1 is 1.20 bits per heavy atom. The molecule has 0 aliphatic carbocycles.